The lowest BCUT2D eigenvalue weighted by Crippen LogP contribution is -2.51. The van der Waals surface area contributed by atoms with Gasteiger partial charge < -0.3 is 15.0 Å². The van der Waals surface area contributed by atoms with Crippen molar-refractivity contribution < 1.29 is 14.3 Å². The van der Waals surface area contributed by atoms with E-state index in [1.807, 2.05) is 0 Å². The summed E-state index contributed by atoms with van der Waals surface area (Å²) in [6, 6.07) is 8.42. The van der Waals surface area contributed by atoms with E-state index in [2.05, 4.69) is 36.2 Å². The first kappa shape index (κ1) is 15.7. The molecule has 1 aliphatic heterocycles. The fraction of sp³-hybridized carbons (Fsp3) is 0.444. The summed E-state index contributed by atoms with van der Waals surface area (Å²) in [5.41, 5.74) is 2.76. The summed E-state index contributed by atoms with van der Waals surface area (Å²) in [4.78, 5) is 25.5. The van der Waals surface area contributed by atoms with Gasteiger partial charge in [-0.05, 0) is 36.0 Å². The molecule has 1 atom stereocenters. The molecule has 5 heteroatoms. The van der Waals surface area contributed by atoms with Crippen LogP contribution in [-0.4, -0.2) is 49.1 Å². The van der Waals surface area contributed by atoms with Crippen molar-refractivity contribution in [3.05, 3.63) is 48.0 Å². The van der Waals surface area contributed by atoms with Gasteiger partial charge in [0.25, 0.3) is 5.91 Å². The summed E-state index contributed by atoms with van der Waals surface area (Å²) in [7, 11) is 0. The van der Waals surface area contributed by atoms with Gasteiger partial charge in [-0.1, -0.05) is 30.8 Å². The smallest absolute Gasteiger partial charge is 0.250 e. The normalized spacial score (nSPS) is 20.9. The first-order valence-corrected chi connectivity index (χ1v) is 8.05. The number of morpholine rings is 1. The highest BCUT2D eigenvalue weighted by molar-refractivity contribution is 5.88. The summed E-state index contributed by atoms with van der Waals surface area (Å²) in [5.74, 6) is 0.144. The minimum absolute atomic E-state index is 0.137. The Morgan fingerprint density at radius 1 is 1.30 bits per heavy atom. The highest BCUT2D eigenvalue weighted by Gasteiger charge is 2.29. The maximum absolute atomic E-state index is 12.3. The van der Waals surface area contributed by atoms with Gasteiger partial charge in [-0.3, -0.25) is 9.59 Å². The van der Waals surface area contributed by atoms with E-state index in [0.717, 1.165) is 12.8 Å². The third-order valence-electron chi connectivity index (χ3n) is 4.55. The number of hydrogen-bond acceptors (Lipinski definition) is 3. The van der Waals surface area contributed by atoms with Crippen molar-refractivity contribution in [1.82, 2.24) is 10.2 Å². The molecular weight excluding hydrogens is 292 g/mol. The van der Waals surface area contributed by atoms with E-state index in [0.29, 0.717) is 32.2 Å². The zero-order chi connectivity index (χ0) is 16.2. The molecule has 1 aliphatic carbocycles. The molecule has 1 fully saturated rings. The monoisotopic (exact) mass is 314 g/mol. The highest BCUT2D eigenvalue weighted by Crippen LogP contribution is 2.25. The van der Waals surface area contributed by atoms with Gasteiger partial charge in [0.15, 0.2) is 6.10 Å². The number of carbonyl (C=O) groups excluding carboxylic acids is 2. The Morgan fingerprint density at radius 2 is 2.00 bits per heavy atom. The van der Waals surface area contributed by atoms with Crippen molar-refractivity contribution in [2.75, 3.05) is 26.2 Å². The molecule has 1 saturated heterocycles. The Kier molecular flexibility index (Phi) is 4.76. The van der Waals surface area contributed by atoms with Gasteiger partial charge in [-0.15, -0.1) is 0 Å². The second kappa shape index (κ2) is 6.96. The lowest BCUT2D eigenvalue weighted by Gasteiger charge is -2.31. The van der Waals surface area contributed by atoms with E-state index < -0.39 is 6.10 Å². The molecule has 2 amide bonds. The molecule has 122 valence electrons. The van der Waals surface area contributed by atoms with Crippen LogP contribution in [0, 0.1) is 5.92 Å². The molecule has 1 aromatic carbocycles. The fourth-order valence-corrected chi connectivity index (χ4v) is 3.29. The van der Waals surface area contributed by atoms with Crippen LogP contribution in [0.25, 0.3) is 0 Å². The second-order valence-corrected chi connectivity index (χ2v) is 6.14. The van der Waals surface area contributed by atoms with Crippen LogP contribution in [-0.2, 0) is 27.2 Å². The fourth-order valence-electron chi connectivity index (χ4n) is 3.29. The van der Waals surface area contributed by atoms with Crippen LogP contribution in [0.4, 0.5) is 0 Å². The molecule has 0 unspecified atom stereocenters. The van der Waals surface area contributed by atoms with Gasteiger partial charge >= 0.3 is 0 Å². The third-order valence-corrected chi connectivity index (χ3v) is 4.55. The highest BCUT2D eigenvalue weighted by atomic mass is 16.5. The predicted octanol–water partition coefficient (Wildman–Crippen LogP) is 0.931. The minimum atomic E-state index is -0.587. The van der Waals surface area contributed by atoms with Crippen LogP contribution < -0.4 is 5.32 Å². The van der Waals surface area contributed by atoms with Crippen molar-refractivity contribution in [2.24, 2.45) is 5.92 Å². The first-order chi connectivity index (χ1) is 11.2. The number of ether oxygens (including phenoxy) is 1. The van der Waals surface area contributed by atoms with Crippen LogP contribution >= 0.6 is 0 Å². The molecule has 3 rings (SSSR count). The molecular formula is C18H22N2O3. The van der Waals surface area contributed by atoms with Crippen molar-refractivity contribution in [2.45, 2.75) is 18.9 Å². The first-order valence-electron chi connectivity index (χ1n) is 8.05. The maximum Gasteiger partial charge on any atom is 0.250 e. The number of hydrogen-bond donors (Lipinski definition) is 1. The van der Waals surface area contributed by atoms with Crippen LogP contribution in [0.1, 0.15) is 11.1 Å². The molecule has 1 aromatic rings. The Hall–Kier alpha value is -2.14. The Balaban J connectivity index is 1.48. The standard InChI is InChI=1S/C18H22N2O3/c1-2-17(21)20-7-8-23-16(12-20)18(22)19-11-13-9-14-5-3-4-6-15(14)10-13/h2-6,13,16H,1,7-12H2,(H,19,22)/t16-/m1/s1. The number of carbonyl (C=O) groups is 2. The SMILES string of the molecule is C=CC(=O)N1CCO[C@@H](C(=O)NCC2Cc3ccccc3C2)C1. The van der Waals surface area contributed by atoms with E-state index in [4.69, 9.17) is 4.74 Å². The van der Waals surface area contributed by atoms with Gasteiger partial charge in [0.1, 0.15) is 0 Å². The van der Waals surface area contributed by atoms with Gasteiger partial charge in [-0.25, -0.2) is 0 Å². The summed E-state index contributed by atoms with van der Waals surface area (Å²) in [6.07, 6.45) is 2.69. The lowest BCUT2D eigenvalue weighted by atomic mass is 10.1. The summed E-state index contributed by atoms with van der Waals surface area (Å²) in [6.45, 7) is 5.30. The van der Waals surface area contributed by atoms with Crippen LogP contribution in [0.2, 0.25) is 0 Å². The molecule has 0 bridgehead atoms. The Morgan fingerprint density at radius 3 is 2.65 bits per heavy atom. The number of nitrogens with one attached hydrogen (secondary N) is 1. The number of benzene rings is 1. The van der Waals surface area contributed by atoms with Crippen molar-refractivity contribution in [3.63, 3.8) is 0 Å². The van der Waals surface area contributed by atoms with Gasteiger partial charge in [0.2, 0.25) is 5.91 Å². The van der Waals surface area contributed by atoms with Crippen molar-refractivity contribution in [1.29, 1.82) is 0 Å². The molecule has 23 heavy (non-hydrogen) atoms. The Bertz CT molecular complexity index is 589. The van der Waals surface area contributed by atoms with Crippen LogP contribution in [0.15, 0.2) is 36.9 Å². The van der Waals surface area contributed by atoms with Gasteiger partial charge in [0, 0.05) is 13.1 Å². The summed E-state index contributed by atoms with van der Waals surface area (Å²) < 4.78 is 5.50. The number of amides is 2. The third kappa shape index (κ3) is 3.62. The van der Waals surface area contributed by atoms with E-state index in [9.17, 15) is 9.59 Å². The average Bonchev–Trinajstić information content (AvgIpc) is 3.02. The minimum Gasteiger partial charge on any atom is -0.365 e. The second-order valence-electron chi connectivity index (χ2n) is 6.14. The number of nitrogens with zero attached hydrogens (tertiary/aromatic N) is 1. The number of fused-ring (bicyclic) bond motifs is 1. The molecule has 0 aromatic heterocycles. The molecule has 1 N–H and O–H groups in total. The van der Waals surface area contributed by atoms with Gasteiger partial charge in [0.05, 0.1) is 13.2 Å². The van der Waals surface area contributed by atoms with E-state index in [-0.39, 0.29) is 11.8 Å². The average molecular weight is 314 g/mol. The van der Waals surface area contributed by atoms with Gasteiger partial charge in [-0.2, -0.15) is 0 Å². The van der Waals surface area contributed by atoms with E-state index >= 15 is 0 Å². The molecule has 1 heterocycles. The Labute approximate surface area is 136 Å². The molecule has 0 radical (unpaired) electrons. The van der Waals surface area contributed by atoms with E-state index in [1.54, 1.807) is 4.90 Å². The van der Waals surface area contributed by atoms with Crippen LogP contribution in [0.5, 0.6) is 0 Å². The summed E-state index contributed by atoms with van der Waals surface area (Å²) >= 11 is 0. The zero-order valence-electron chi connectivity index (χ0n) is 13.2. The summed E-state index contributed by atoms with van der Waals surface area (Å²) in [5, 5.41) is 2.98. The maximum atomic E-state index is 12.3. The van der Waals surface area contributed by atoms with Crippen molar-refractivity contribution in [3.8, 4) is 0 Å². The molecule has 2 aliphatic rings. The number of rotatable bonds is 4. The molecule has 5 nitrogen and oxygen atoms in total. The largest absolute Gasteiger partial charge is 0.365 e. The molecule has 0 saturated carbocycles. The molecule has 0 spiro atoms. The lowest BCUT2D eigenvalue weighted by molar-refractivity contribution is -0.144. The van der Waals surface area contributed by atoms with E-state index in [1.165, 1.54) is 17.2 Å². The zero-order valence-corrected chi connectivity index (χ0v) is 13.2. The quantitative estimate of drug-likeness (QED) is 0.841. The predicted molar refractivity (Wildman–Crippen MR) is 86.9 cm³/mol. The van der Waals surface area contributed by atoms with Crippen LogP contribution in [0.3, 0.4) is 0 Å². The topological polar surface area (TPSA) is 58.6 Å². The van der Waals surface area contributed by atoms with Crippen molar-refractivity contribution >= 4 is 11.8 Å².